The van der Waals surface area contributed by atoms with Crippen LogP contribution in [0.15, 0.2) is 4.40 Å². The lowest BCUT2D eigenvalue weighted by Crippen LogP contribution is -2.31. The summed E-state index contributed by atoms with van der Waals surface area (Å²) in [4.78, 5) is 0. The molecule has 0 aromatic rings. The highest BCUT2D eigenvalue weighted by Gasteiger charge is 2.38. The maximum Gasteiger partial charge on any atom is 0.389 e. The lowest BCUT2D eigenvalue weighted by atomic mass is 9.74. The van der Waals surface area contributed by atoms with E-state index in [0.29, 0.717) is 12.8 Å². The summed E-state index contributed by atoms with van der Waals surface area (Å²) in [6, 6.07) is 0. The Morgan fingerprint density at radius 3 is 2.24 bits per heavy atom. The molecule has 2 nitrogen and oxygen atoms in total. The van der Waals surface area contributed by atoms with E-state index in [4.69, 9.17) is 0 Å². The second-order valence-electron chi connectivity index (χ2n) is 5.53. The minimum atomic E-state index is -4.07. The fourth-order valence-electron chi connectivity index (χ4n) is 1.70. The van der Waals surface area contributed by atoms with Crippen molar-refractivity contribution in [3.8, 4) is 0 Å². The molecular formula is C11H18F3NOS. The lowest BCUT2D eigenvalue weighted by molar-refractivity contribution is -0.151. The van der Waals surface area contributed by atoms with Gasteiger partial charge in [-0.2, -0.15) is 13.2 Å². The van der Waals surface area contributed by atoms with E-state index >= 15 is 0 Å². The van der Waals surface area contributed by atoms with Gasteiger partial charge in [0, 0.05) is 6.42 Å². The van der Waals surface area contributed by atoms with Gasteiger partial charge in [0.1, 0.15) is 16.1 Å². The van der Waals surface area contributed by atoms with Gasteiger partial charge < -0.3 is 4.55 Å². The van der Waals surface area contributed by atoms with E-state index < -0.39 is 28.7 Å². The number of nitrogens with zero attached hydrogens (tertiary/aromatic N) is 1. The van der Waals surface area contributed by atoms with Gasteiger partial charge in [-0.25, -0.2) is 0 Å². The van der Waals surface area contributed by atoms with E-state index in [1.54, 1.807) is 6.21 Å². The Hall–Kier alpha value is -0.230. The van der Waals surface area contributed by atoms with Crippen LogP contribution in [0.4, 0.5) is 13.2 Å². The fourth-order valence-corrected chi connectivity index (χ4v) is 2.30. The summed E-state index contributed by atoms with van der Waals surface area (Å²) >= 11 is -1.31. The summed E-state index contributed by atoms with van der Waals surface area (Å²) in [5.41, 5.74) is 0. The second kappa shape index (κ2) is 5.18. The van der Waals surface area contributed by atoms with Crippen molar-refractivity contribution in [3.05, 3.63) is 0 Å². The molecule has 0 aliphatic heterocycles. The molecule has 0 bridgehead atoms. The fraction of sp³-hybridized carbons (Fsp3) is 0.909. The largest absolute Gasteiger partial charge is 0.591 e. The smallest absolute Gasteiger partial charge is 0.389 e. The van der Waals surface area contributed by atoms with Gasteiger partial charge in [-0.3, -0.25) is 0 Å². The van der Waals surface area contributed by atoms with Gasteiger partial charge in [0.25, 0.3) is 0 Å². The van der Waals surface area contributed by atoms with Gasteiger partial charge in [0.05, 0.1) is 6.21 Å². The van der Waals surface area contributed by atoms with Crippen molar-refractivity contribution in [1.82, 2.24) is 0 Å². The van der Waals surface area contributed by atoms with Gasteiger partial charge >= 0.3 is 6.18 Å². The van der Waals surface area contributed by atoms with Crippen LogP contribution in [0.5, 0.6) is 0 Å². The number of hydrogen-bond acceptors (Lipinski definition) is 2. The Morgan fingerprint density at radius 1 is 1.29 bits per heavy atom. The maximum absolute atomic E-state index is 12.0. The van der Waals surface area contributed by atoms with E-state index in [1.807, 2.05) is 20.8 Å². The van der Waals surface area contributed by atoms with Crippen LogP contribution in [0.3, 0.4) is 0 Å². The summed E-state index contributed by atoms with van der Waals surface area (Å²) in [7, 11) is 0. The van der Waals surface area contributed by atoms with Crippen molar-refractivity contribution in [2.45, 2.75) is 51.0 Å². The Balaban J connectivity index is 2.28. The van der Waals surface area contributed by atoms with Gasteiger partial charge in [0.15, 0.2) is 0 Å². The average Bonchev–Trinajstić information content (AvgIpc) is 2.04. The molecule has 1 aliphatic carbocycles. The molecule has 0 saturated heterocycles. The SMILES string of the molecule is CC(C)(C)[S@@+]([O-])/N=C/C1CC(CC(F)(F)F)C1. The van der Waals surface area contributed by atoms with Crippen LogP contribution in [0, 0.1) is 11.8 Å². The molecule has 6 heteroatoms. The van der Waals surface area contributed by atoms with E-state index in [0.717, 1.165) is 0 Å². The Labute approximate surface area is 103 Å². The highest BCUT2D eigenvalue weighted by molar-refractivity contribution is 7.91. The van der Waals surface area contributed by atoms with E-state index in [9.17, 15) is 17.7 Å². The molecule has 0 radical (unpaired) electrons. The van der Waals surface area contributed by atoms with Crippen LogP contribution in [0.2, 0.25) is 0 Å². The van der Waals surface area contributed by atoms with Crippen LogP contribution in [0.1, 0.15) is 40.0 Å². The molecule has 1 atom stereocenters. The molecule has 1 aliphatic rings. The Morgan fingerprint density at radius 2 is 1.82 bits per heavy atom. The zero-order valence-electron chi connectivity index (χ0n) is 10.3. The molecular weight excluding hydrogens is 251 g/mol. The summed E-state index contributed by atoms with van der Waals surface area (Å²) in [6.45, 7) is 5.44. The zero-order valence-corrected chi connectivity index (χ0v) is 11.1. The van der Waals surface area contributed by atoms with Crippen molar-refractivity contribution in [2.75, 3.05) is 0 Å². The molecule has 0 aromatic heterocycles. The van der Waals surface area contributed by atoms with Crippen molar-refractivity contribution in [2.24, 2.45) is 16.2 Å². The van der Waals surface area contributed by atoms with Gasteiger partial charge in [0.2, 0.25) is 0 Å². The van der Waals surface area contributed by atoms with Crippen LogP contribution in [-0.2, 0) is 11.4 Å². The van der Waals surface area contributed by atoms with Crippen LogP contribution in [0.25, 0.3) is 0 Å². The third-order valence-corrected chi connectivity index (χ3v) is 4.04. The molecule has 100 valence electrons. The molecule has 1 saturated carbocycles. The summed E-state index contributed by atoms with van der Waals surface area (Å²) in [5.74, 6) is -0.219. The van der Waals surface area contributed by atoms with Crippen molar-refractivity contribution in [3.63, 3.8) is 0 Å². The standard InChI is InChI=1S/C11H18F3NOS/c1-10(2,3)17(16)15-7-9-4-8(5-9)6-11(12,13)14/h7-9H,4-6H2,1-3H3/b15-7+/t8?,9?,17-/m1/s1. The molecule has 0 heterocycles. The van der Waals surface area contributed by atoms with E-state index in [-0.39, 0.29) is 11.8 Å². The van der Waals surface area contributed by atoms with E-state index in [2.05, 4.69) is 4.40 Å². The average molecular weight is 269 g/mol. The number of rotatable bonds is 3. The number of halogens is 3. The first kappa shape index (κ1) is 14.8. The molecule has 0 N–H and O–H groups in total. The minimum absolute atomic E-state index is 0.0636. The summed E-state index contributed by atoms with van der Waals surface area (Å²) in [6.07, 6.45) is -2.20. The normalized spacial score (nSPS) is 28.2. The third kappa shape index (κ3) is 5.29. The Kier molecular flexibility index (Phi) is 4.52. The quantitative estimate of drug-likeness (QED) is 0.570. The third-order valence-electron chi connectivity index (χ3n) is 2.68. The van der Waals surface area contributed by atoms with Gasteiger partial charge in [-0.1, -0.05) is 4.40 Å². The summed E-state index contributed by atoms with van der Waals surface area (Å²) in [5, 5.41) is 0. The van der Waals surface area contributed by atoms with Gasteiger partial charge in [-0.15, -0.1) is 0 Å². The molecule has 1 fully saturated rings. The number of alkyl halides is 3. The molecule has 1 rings (SSSR count). The molecule has 0 spiro atoms. The summed E-state index contributed by atoms with van der Waals surface area (Å²) < 4.78 is 51.2. The number of hydrogen-bond donors (Lipinski definition) is 0. The second-order valence-corrected chi connectivity index (χ2v) is 7.47. The zero-order chi connectivity index (χ0) is 13.3. The van der Waals surface area contributed by atoms with Gasteiger partial charge in [-0.05, 0) is 45.4 Å². The predicted molar refractivity (Wildman–Crippen MR) is 63.3 cm³/mol. The van der Waals surface area contributed by atoms with Crippen LogP contribution in [-0.4, -0.2) is 21.7 Å². The molecule has 17 heavy (non-hydrogen) atoms. The lowest BCUT2D eigenvalue weighted by Gasteiger charge is -2.33. The topological polar surface area (TPSA) is 35.4 Å². The van der Waals surface area contributed by atoms with E-state index in [1.165, 1.54) is 0 Å². The maximum atomic E-state index is 12.0. The monoisotopic (exact) mass is 269 g/mol. The first-order valence-electron chi connectivity index (χ1n) is 5.61. The highest BCUT2D eigenvalue weighted by Crippen LogP contribution is 2.40. The highest BCUT2D eigenvalue weighted by atomic mass is 32.2. The molecule has 0 aromatic carbocycles. The van der Waals surface area contributed by atoms with Crippen LogP contribution < -0.4 is 0 Å². The van der Waals surface area contributed by atoms with Crippen molar-refractivity contribution >= 4 is 17.6 Å². The predicted octanol–water partition coefficient (Wildman–Crippen LogP) is 3.50. The first-order valence-corrected chi connectivity index (χ1v) is 6.71. The van der Waals surface area contributed by atoms with Crippen LogP contribution >= 0.6 is 0 Å². The Bertz CT molecular complexity index is 279. The first-order chi connectivity index (χ1) is 7.58. The van der Waals surface area contributed by atoms with Crippen molar-refractivity contribution in [1.29, 1.82) is 0 Å². The minimum Gasteiger partial charge on any atom is -0.591 e. The molecule has 0 amide bonds. The molecule has 0 unspecified atom stereocenters. The van der Waals surface area contributed by atoms with Crippen molar-refractivity contribution < 1.29 is 17.7 Å².